The first-order valence-electron chi connectivity index (χ1n) is 7.58. The standard InChI is InChI=1S/C18H16N4O/c1-10-5-17-13(9-20-22-17)6-15(10)18(23)21-14-4-3-12-8-19-11(2)16(12)7-14/h3-7H,8-9H2,1-2H3,(H,21,23). The first kappa shape index (κ1) is 13.8. The summed E-state index contributed by atoms with van der Waals surface area (Å²) in [6.07, 6.45) is 0. The Hall–Kier alpha value is -2.82. The van der Waals surface area contributed by atoms with Gasteiger partial charge in [0.25, 0.3) is 5.91 Å². The summed E-state index contributed by atoms with van der Waals surface area (Å²) in [4.78, 5) is 17.0. The second-order valence-electron chi connectivity index (χ2n) is 5.92. The number of carbonyl (C=O) groups is 1. The van der Waals surface area contributed by atoms with E-state index in [0.717, 1.165) is 40.3 Å². The number of aliphatic imine (C=N–C) groups is 1. The monoisotopic (exact) mass is 304 g/mol. The van der Waals surface area contributed by atoms with Crippen LogP contribution in [0.5, 0.6) is 0 Å². The van der Waals surface area contributed by atoms with Gasteiger partial charge < -0.3 is 5.32 Å². The molecule has 0 spiro atoms. The van der Waals surface area contributed by atoms with Gasteiger partial charge in [-0.3, -0.25) is 9.79 Å². The lowest BCUT2D eigenvalue weighted by Crippen LogP contribution is -2.14. The Kier molecular flexibility index (Phi) is 3.08. The summed E-state index contributed by atoms with van der Waals surface area (Å²) in [5.41, 5.74) is 7.57. The highest BCUT2D eigenvalue weighted by atomic mass is 16.1. The van der Waals surface area contributed by atoms with Gasteiger partial charge in [-0.1, -0.05) is 6.07 Å². The third kappa shape index (κ3) is 2.34. The molecule has 0 aliphatic carbocycles. The predicted octanol–water partition coefficient (Wildman–Crippen LogP) is 4.17. The number of hydrogen-bond acceptors (Lipinski definition) is 4. The molecule has 0 atom stereocenters. The Morgan fingerprint density at radius 3 is 2.83 bits per heavy atom. The molecule has 5 heteroatoms. The number of rotatable bonds is 2. The number of amides is 1. The van der Waals surface area contributed by atoms with Crippen LogP contribution in [0, 0.1) is 6.92 Å². The van der Waals surface area contributed by atoms with Gasteiger partial charge in [0.05, 0.1) is 18.8 Å². The molecule has 4 rings (SSSR count). The molecule has 2 heterocycles. The van der Waals surface area contributed by atoms with Gasteiger partial charge in [0.15, 0.2) is 0 Å². The average molecular weight is 304 g/mol. The maximum atomic E-state index is 12.6. The number of hydrogen-bond donors (Lipinski definition) is 1. The van der Waals surface area contributed by atoms with Crippen molar-refractivity contribution in [3.8, 4) is 0 Å². The molecule has 0 bridgehead atoms. The topological polar surface area (TPSA) is 66.2 Å². The molecule has 0 radical (unpaired) electrons. The van der Waals surface area contributed by atoms with Crippen molar-refractivity contribution in [2.75, 3.05) is 5.32 Å². The number of benzene rings is 2. The minimum absolute atomic E-state index is 0.107. The van der Waals surface area contributed by atoms with Crippen LogP contribution in [-0.4, -0.2) is 11.6 Å². The first-order chi connectivity index (χ1) is 11.1. The van der Waals surface area contributed by atoms with E-state index < -0.39 is 0 Å². The van der Waals surface area contributed by atoms with Crippen LogP contribution >= 0.6 is 0 Å². The Morgan fingerprint density at radius 2 is 1.96 bits per heavy atom. The second kappa shape index (κ2) is 5.12. The number of nitrogens with zero attached hydrogens (tertiary/aromatic N) is 3. The summed E-state index contributed by atoms with van der Waals surface area (Å²) in [6.45, 7) is 5.19. The van der Waals surface area contributed by atoms with Gasteiger partial charge in [-0.15, -0.1) is 0 Å². The average Bonchev–Trinajstić information content (AvgIpc) is 3.13. The Labute approximate surface area is 134 Å². The van der Waals surface area contributed by atoms with Crippen LogP contribution in [0.25, 0.3) is 0 Å². The van der Waals surface area contributed by atoms with Crippen molar-refractivity contribution < 1.29 is 4.79 Å². The zero-order valence-electron chi connectivity index (χ0n) is 13.1. The smallest absolute Gasteiger partial charge is 0.255 e. The highest BCUT2D eigenvalue weighted by Gasteiger charge is 2.17. The van der Waals surface area contributed by atoms with Crippen LogP contribution in [0.3, 0.4) is 0 Å². The van der Waals surface area contributed by atoms with Crippen molar-refractivity contribution in [3.63, 3.8) is 0 Å². The molecule has 0 saturated carbocycles. The Balaban J connectivity index is 1.62. The molecule has 1 N–H and O–H groups in total. The first-order valence-corrected chi connectivity index (χ1v) is 7.58. The van der Waals surface area contributed by atoms with Crippen molar-refractivity contribution in [3.05, 3.63) is 58.1 Å². The van der Waals surface area contributed by atoms with E-state index in [1.54, 1.807) is 0 Å². The summed E-state index contributed by atoms with van der Waals surface area (Å²) < 4.78 is 0. The highest BCUT2D eigenvalue weighted by molar-refractivity contribution is 6.07. The van der Waals surface area contributed by atoms with Crippen molar-refractivity contribution >= 4 is 23.0 Å². The fourth-order valence-electron chi connectivity index (χ4n) is 3.01. The molecule has 5 nitrogen and oxygen atoms in total. The number of anilines is 1. The Bertz CT molecular complexity index is 896. The van der Waals surface area contributed by atoms with Gasteiger partial charge in [-0.05, 0) is 49.2 Å². The molecule has 0 unspecified atom stereocenters. The summed E-state index contributed by atoms with van der Waals surface area (Å²) >= 11 is 0. The zero-order chi connectivity index (χ0) is 16.0. The predicted molar refractivity (Wildman–Crippen MR) is 89.7 cm³/mol. The lowest BCUT2D eigenvalue weighted by atomic mass is 10.0. The van der Waals surface area contributed by atoms with Gasteiger partial charge in [-0.2, -0.15) is 10.2 Å². The van der Waals surface area contributed by atoms with E-state index in [2.05, 4.69) is 20.5 Å². The molecule has 114 valence electrons. The maximum absolute atomic E-state index is 12.6. The van der Waals surface area contributed by atoms with E-state index in [0.29, 0.717) is 12.1 Å². The van der Waals surface area contributed by atoms with E-state index in [9.17, 15) is 4.79 Å². The molecular formula is C18H16N4O. The van der Waals surface area contributed by atoms with Crippen molar-refractivity contribution in [2.24, 2.45) is 15.2 Å². The summed E-state index contributed by atoms with van der Waals surface area (Å²) in [5, 5.41) is 11.1. The quantitative estimate of drug-likeness (QED) is 0.889. The van der Waals surface area contributed by atoms with Crippen LogP contribution in [-0.2, 0) is 13.1 Å². The fraction of sp³-hybridized carbons (Fsp3) is 0.222. The second-order valence-corrected chi connectivity index (χ2v) is 5.92. The van der Waals surface area contributed by atoms with Crippen molar-refractivity contribution in [1.29, 1.82) is 0 Å². The zero-order valence-corrected chi connectivity index (χ0v) is 13.1. The molecule has 2 aliphatic heterocycles. The minimum atomic E-state index is -0.107. The summed E-state index contributed by atoms with van der Waals surface area (Å²) in [7, 11) is 0. The van der Waals surface area contributed by atoms with Crippen LogP contribution in [0.15, 0.2) is 45.6 Å². The molecule has 23 heavy (non-hydrogen) atoms. The van der Waals surface area contributed by atoms with Gasteiger partial charge >= 0.3 is 0 Å². The number of nitrogens with one attached hydrogen (secondary N) is 1. The molecule has 0 aromatic heterocycles. The minimum Gasteiger partial charge on any atom is -0.322 e. The normalized spacial score (nSPS) is 14.4. The van der Waals surface area contributed by atoms with E-state index in [-0.39, 0.29) is 5.91 Å². The molecule has 1 amide bonds. The maximum Gasteiger partial charge on any atom is 0.255 e. The van der Waals surface area contributed by atoms with Crippen LogP contribution in [0.2, 0.25) is 0 Å². The van der Waals surface area contributed by atoms with Crippen LogP contribution in [0.4, 0.5) is 11.4 Å². The van der Waals surface area contributed by atoms with Crippen LogP contribution < -0.4 is 5.32 Å². The van der Waals surface area contributed by atoms with Crippen LogP contribution in [0.1, 0.15) is 39.5 Å². The lowest BCUT2D eigenvalue weighted by Gasteiger charge is -2.10. The van der Waals surface area contributed by atoms with E-state index in [1.165, 1.54) is 5.56 Å². The van der Waals surface area contributed by atoms with Crippen molar-refractivity contribution in [1.82, 2.24) is 0 Å². The Morgan fingerprint density at radius 1 is 1.09 bits per heavy atom. The van der Waals surface area contributed by atoms with Crippen molar-refractivity contribution in [2.45, 2.75) is 26.9 Å². The number of aryl methyl sites for hydroxylation is 1. The van der Waals surface area contributed by atoms with E-state index in [1.807, 2.05) is 44.2 Å². The van der Waals surface area contributed by atoms with Gasteiger partial charge in [0.1, 0.15) is 0 Å². The van der Waals surface area contributed by atoms with Gasteiger partial charge in [0.2, 0.25) is 0 Å². The molecular weight excluding hydrogens is 288 g/mol. The van der Waals surface area contributed by atoms with Gasteiger partial charge in [-0.25, -0.2) is 0 Å². The number of fused-ring (bicyclic) bond motifs is 2. The molecule has 2 aromatic carbocycles. The fourth-order valence-corrected chi connectivity index (χ4v) is 3.01. The molecule has 0 fully saturated rings. The third-order valence-electron chi connectivity index (χ3n) is 4.33. The molecule has 0 saturated heterocycles. The largest absolute Gasteiger partial charge is 0.322 e. The van der Waals surface area contributed by atoms with Gasteiger partial charge in [0, 0.05) is 28.1 Å². The molecule has 2 aliphatic rings. The highest BCUT2D eigenvalue weighted by Crippen LogP contribution is 2.30. The summed E-state index contributed by atoms with van der Waals surface area (Å²) in [5.74, 6) is -0.107. The lowest BCUT2D eigenvalue weighted by molar-refractivity contribution is 0.102. The van der Waals surface area contributed by atoms with E-state index >= 15 is 0 Å². The SMILES string of the molecule is CC1=NCc2ccc(NC(=O)c3cc4c(cc3C)N=NC4)cc21. The van der Waals surface area contributed by atoms with E-state index in [4.69, 9.17) is 0 Å². The summed E-state index contributed by atoms with van der Waals surface area (Å²) in [6, 6.07) is 9.75. The number of carbonyl (C=O) groups excluding carboxylic acids is 1. The molecule has 2 aromatic rings. The third-order valence-corrected chi connectivity index (χ3v) is 4.33. The number of azo groups is 1.